The summed E-state index contributed by atoms with van der Waals surface area (Å²) in [5.74, 6) is -0.830. The first-order valence-corrected chi connectivity index (χ1v) is 6.43. The van der Waals surface area contributed by atoms with Crippen molar-refractivity contribution in [1.82, 2.24) is 5.32 Å². The van der Waals surface area contributed by atoms with Gasteiger partial charge in [0.1, 0.15) is 5.60 Å². The number of esters is 1. The molecule has 1 aliphatic carbocycles. The molecule has 5 nitrogen and oxygen atoms in total. The molecule has 0 aromatic carbocycles. The molecule has 6 heteroatoms. The van der Waals surface area contributed by atoms with Crippen LogP contribution >= 0.6 is 0 Å². The lowest BCUT2D eigenvalue weighted by molar-refractivity contribution is -0.157. The maximum atomic E-state index is 14.1. The minimum Gasteiger partial charge on any atom is -0.467 e. The summed E-state index contributed by atoms with van der Waals surface area (Å²) in [7, 11) is 1.18. The lowest BCUT2D eigenvalue weighted by atomic mass is 9.83. The number of halogens is 1. The van der Waals surface area contributed by atoms with E-state index < -0.39 is 23.3 Å². The summed E-state index contributed by atoms with van der Waals surface area (Å²) in [6, 6.07) is -0.164. The van der Waals surface area contributed by atoms with Gasteiger partial charge in [0.2, 0.25) is 5.67 Å². The molecule has 110 valence electrons. The average molecular weight is 275 g/mol. The third kappa shape index (κ3) is 4.69. The third-order valence-corrected chi connectivity index (χ3v) is 3.05. The predicted octanol–water partition coefficient (Wildman–Crippen LogP) is 2.33. The van der Waals surface area contributed by atoms with Gasteiger partial charge >= 0.3 is 12.1 Å². The number of alkyl carbamates (subject to hydrolysis) is 1. The Hall–Kier alpha value is -1.33. The first-order valence-electron chi connectivity index (χ1n) is 6.43. The lowest BCUT2D eigenvalue weighted by Gasteiger charge is -2.32. The van der Waals surface area contributed by atoms with Crippen LogP contribution < -0.4 is 5.32 Å². The number of amides is 1. The van der Waals surface area contributed by atoms with E-state index >= 15 is 0 Å². The lowest BCUT2D eigenvalue weighted by Crippen LogP contribution is -2.46. The molecule has 1 saturated carbocycles. The van der Waals surface area contributed by atoms with Crippen molar-refractivity contribution in [2.24, 2.45) is 0 Å². The molecule has 19 heavy (non-hydrogen) atoms. The van der Waals surface area contributed by atoms with Crippen molar-refractivity contribution < 1.29 is 23.5 Å². The number of hydrogen-bond acceptors (Lipinski definition) is 4. The van der Waals surface area contributed by atoms with E-state index in [4.69, 9.17) is 4.74 Å². The van der Waals surface area contributed by atoms with Gasteiger partial charge in [-0.25, -0.2) is 14.0 Å². The highest BCUT2D eigenvalue weighted by molar-refractivity contribution is 5.79. The molecule has 0 atom stereocenters. The number of carbonyl (C=O) groups excluding carboxylic acids is 2. The standard InChI is InChI=1S/C13H22FNO4/c1-12(2,3)19-11(17)15-9-5-7-13(14,8-6-9)10(16)18-4/h9H,5-8H2,1-4H3,(H,15,17). The zero-order valence-corrected chi connectivity index (χ0v) is 11.9. The van der Waals surface area contributed by atoms with Crippen molar-refractivity contribution in [3.63, 3.8) is 0 Å². The van der Waals surface area contributed by atoms with Crippen LogP contribution in [0.1, 0.15) is 46.5 Å². The van der Waals surface area contributed by atoms with Crippen LogP contribution in [-0.4, -0.2) is 36.5 Å². The van der Waals surface area contributed by atoms with Gasteiger partial charge in [-0.3, -0.25) is 0 Å². The first-order chi connectivity index (χ1) is 8.66. The van der Waals surface area contributed by atoms with Crippen LogP contribution in [0.5, 0.6) is 0 Å². The second-order valence-electron chi connectivity index (χ2n) is 5.88. The molecule has 0 radical (unpaired) electrons. The summed E-state index contributed by atoms with van der Waals surface area (Å²) in [4.78, 5) is 22.9. The maximum absolute atomic E-state index is 14.1. The second kappa shape index (κ2) is 5.75. The van der Waals surface area contributed by atoms with Gasteiger partial charge in [0.15, 0.2) is 0 Å². The highest BCUT2D eigenvalue weighted by Crippen LogP contribution is 2.33. The predicted molar refractivity (Wildman–Crippen MR) is 67.5 cm³/mol. The molecular formula is C13H22FNO4. The van der Waals surface area contributed by atoms with Crippen LogP contribution in [0.2, 0.25) is 0 Å². The smallest absolute Gasteiger partial charge is 0.407 e. The topological polar surface area (TPSA) is 64.6 Å². The Labute approximate surface area is 112 Å². The monoisotopic (exact) mass is 275 g/mol. The van der Waals surface area contributed by atoms with Crippen LogP contribution in [-0.2, 0) is 14.3 Å². The van der Waals surface area contributed by atoms with Gasteiger partial charge in [0.25, 0.3) is 0 Å². The molecule has 0 aliphatic heterocycles. The molecule has 1 rings (SSSR count). The normalized spacial score (nSPS) is 27.5. The van der Waals surface area contributed by atoms with Crippen molar-refractivity contribution >= 4 is 12.1 Å². The van der Waals surface area contributed by atoms with Crippen molar-refractivity contribution in [2.45, 2.75) is 63.8 Å². The number of carbonyl (C=O) groups is 2. The van der Waals surface area contributed by atoms with E-state index in [2.05, 4.69) is 10.1 Å². The fraction of sp³-hybridized carbons (Fsp3) is 0.846. The number of alkyl halides is 1. The van der Waals surface area contributed by atoms with Crippen molar-refractivity contribution in [1.29, 1.82) is 0 Å². The molecule has 1 amide bonds. The third-order valence-electron chi connectivity index (χ3n) is 3.05. The molecule has 0 bridgehead atoms. The zero-order valence-electron chi connectivity index (χ0n) is 11.9. The van der Waals surface area contributed by atoms with Crippen LogP contribution in [0.3, 0.4) is 0 Å². The van der Waals surface area contributed by atoms with E-state index in [0.717, 1.165) is 0 Å². The van der Waals surface area contributed by atoms with E-state index in [1.165, 1.54) is 7.11 Å². The van der Waals surface area contributed by atoms with Gasteiger partial charge in [0, 0.05) is 6.04 Å². The van der Waals surface area contributed by atoms with Gasteiger partial charge in [-0.05, 0) is 46.5 Å². The highest BCUT2D eigenvalue weighted by Gasteiger charge is 2.43. The number of ether oxygens (including phenoxy) is 2. The molecule has 0 spiro atoms. The Morgan fingerprint density at radius 3 is 2.21 bits per heavy atom. The van der Waals surface area contributed by atoms with Crippen molar-refractivity contribution in [3.8, 4) is 0 Å². The average Bonchev–Trinajstić information content (AvgIpc) is 2.29. The summed E-state index contributed by atoms with van der Waals surface area (Å²) in [6.45, 7) is 5.33. The van der Waals surface area contributed by atoms with Crippen molar-refractivity contribution in [2.75, 3.05) is 7.11 Å². The Bertz CT molecular complexity index is 343. The molecule has 0 saturated heterocycles. The number of nitrogens with one attached hydrogen (secondary N) is 1. The highest BCUT2D eigenvalue weighted by atomic mass is 19.1. The van der Waals surface area contributed by atoms with Crippen LogP contribution in [0.25, 0.3) is 0 Å². The van der Waals surface area contributed by atoms with Crippen LogP contribution in [0.4, 0.5) is 9.18 Å². The molecular weight excluding hydrogens is 253 g/mol. The van der Waals surface area contributed by atoms with E-state index in [0.29, 0.717) is 12.8 Å². The molecule has 1 aliphatic rings. The zero-order chi connectivity index (χ0) is 14.7. The summed E-state index contributed by atoms with van der Waals surface area (Å²) < 4.78 is 23.7. The first kappa shape index (κ1) is 15.7. The molecule has 1 fully saturated rings. The summed E-state index contributed by atoms with van der Waals surface area (Å²) in [6.07, 6.45) is 0.387. The van der Waals surface area contributed by atoms with Gasteiger partial charge in [-0.1, -0.05) is 0 Å². The van der Waals surface area contributed by atoms with Gasteiger partial charge in [-0.15, -0.1) is 0 Å². The van der Waals surface area contributed by atoms with E-state index in [-0.39, 0.29) is 18.9 Å². The van der Waals surface area contributed by atoms with Crippen LogP contribution in [0, 0.1) is 0 Å². The quantitative estimate of drug-likeness (QED) is 0.786. The second-order valence-corrected chi connectivity index (χ2v) is 5.88. The molecule has 0 aromatic heterocycles. The summed E-state index contributed by atoms with van der Waals surface area (Å²) in [5.41, 5.74) is -2.48. The number of hydrogen-bond donors (Lipinski definition) is 1. The minimum atomic E-state index is -1.92. The molecule has 1 N–H and O–H groups in total. The Morgan fingerprint density at radius 2 is 1.79 bits per heavy atom. The van der Waals surface area contributed by atoms with E-state index in [9.17, 15) is 14.0 Å². The van der Waals surface area contributed by atoms with E-state index in [1.54, 1.807) is 20.8 Å². The Balaban J connectivity index is 2.42. The fourth-order valence-electron chi connectivity index (χ4n) is 2.08. The Kier molecular flexibility index (Phi) is 4.76. The number of methoxy groups -OCH3 is 1. The largest absolute Gasteiger partial charge is 0.467 e. The Morgan fingerprint density at radius 1 is 1.26 bits per heavy atom. The van der Waals surface area contributed by atoms with E-state index in [1.807, 2.05) is 0 Å². The molecule has 0 heterocycles. The minimum absolute atomic E-state index is 0.0557. The summed E-state index contributed by atoms with van der Waals surface area (Å²) in [5, 5.41) is 2.69. The fourth-order valence-corrected chi connectivity index (χ4v) is 2.08. The van der Waals surface area contributed by atoms with Gasteiger partial charge in [-0.2, -0.15) is 0 Å². The van der Waals surface area contributed by atoms with Gasteiger partial charge < -0.3 is 14.8 Å². The van der Waals surface area contributed by atoms with Gasteiger partial charge in [0.05, 0.1) is 7.11 Å². The SMILES string of the molecule is COC(=O)C1(F)CCC(NC(=O)OC(C)(C)C)CC1. The molecule has 0 aromatic rings. The van der Waals surface area contributed by atoms with Crippen LogP contribution in [0.15, 0.2) is 0 Å². The summed E-state index contributed by atoms with van der Waals surface area (Å²) >= 11 is 0. The van der Waals surface area contributed by atoms with Crippen molar-refractivity contribution in [3.05, 3.63) is 0 Å². The number of rotatable bonds is 2. The maximum Gasteiger partial charge on any atom is 0.407 e. The molecule has 0 unspecified atom stereocenters.